The van der Waals surface area contributed by atoms with Gasteiger partial charge >= 0.3 is 0 Å². The van der Waals surface area contributed by atoms with Gasteiger partial charge in [-0.15, -0.1) is 5.10 Å². The molecule has 2 aromatic heterocycles. The summed E-state index contributed by atoms with van der Waals surface area (Å²) in [5.74, 6) is 0.752. The zero-order valence-corrected chi connectivity index (χ0v) is 8.06. The molecule has 6 heteroatoms. The van der Waals surface area contributed by atoms with Crippen LogP contribution in [0.5, 0.6) is 0 Å². The van der Waals surface area contributed by atoms with Crippen LogP contribution >= 0.6 is 15.9 Å². The third-order valence-electron chi connectivity index (χ3n) is 2.00. The molecule has 0 atom stereocenters. The normalized spacial score (nSPS) is 12.7. The number of fused-ring (bicyclic) bond motifs is 3. The smallest absolute Gasteiger partial charge is 0.201 e. The second kappa shape index (κ2) is 2.35. The Labute approximate surface area is 81.9 Å². The maximum atomic E-state index is 4.26. The van der Waals surface area contributed by atoms with E-state index in [1.165, 1.54) is 0 Å². The summed E-state index contributed by atoms with van der Waals surface area (Å²) in [6.45, 7) is 0.712. The number of tetrazole rings is 1. The molecule has 3 rings (SSSR count). The van der Waals surface area contributed by atoms with Crippen LogP contribution in [0.1, 0.15) is 5.56 Å². The first-order chi connectivity index (χ1) is 6.34. The molecule has 1 aliphatic heterocycles. The standard InChI is InChI=1S/C7H4BrN5/c8-5-1-4-3-13-7(10-11-12-13)6(4)9-2-5/h1-2H,3H2. The van der Waals surface area contributed by atoms with E-state index in [4.69, 9.17) is 0 Å². The molecule has 0 N–H and O–H groups in total. The molecule has 0 radical (unpaired) electrons. The molecule has 5 nitrogen and oxygen atoms in total. The number of nitrogens with zero attached hydrogens (tertiary/aromatic N) is 5. The first kappa shape index (κ1) is 7.14. The Kier molecular flexibility index (Phi) is 1.29. The minimum Gasteiger partial charge on any atom is -0.251 e. The SMILES string of the molecule is Brc1cnc2c(c1)Cn1nnnc1-2. The lowest BCUT2D eigenvalue weighted by Crippen LogP contribution is -1.95. The van der Waals surface area contributed by atoms with Crippen molar-refractivity contribution in [3.05, 3.63) is 22.3 Å². The molecule has 1 aliphatic rings. The van der Waals surface area contributed by atoms with Gasteiger partial charge in [0.2, 0.25) is 5.82 Å². The lowest BCUT2D eigenvalue weighted by atomic mass is 10.2. The van der Waals surface area contributed by atoms with Gasteiger partial charge < -0.3 is 0 Å². The molecule has 0 amide bonds. The zero-order valence-electron chi connectivity index (χ0n) is 6.48. The first-order valence-corrected chi connectivity index (χ1v) is 4.55. The van der Waals surface area contributed by atoms with Gasteiger partial charge in [0, 0.05) is 16.2 Å². The molecule has 0 unspecified atom stereocenters. The van der Waals surface area contributed by atoms with Gasteiger partial charge in [0.05, 0.1) is 6.54 Å². The number of pyridine rings is 1. The van der Waals surface area contributed by atoms with Crippen LogP contribution in [0.15, 0.2) is 16.7 Å². The van der Waals surface area contributed by atoms with Crippen molar-refractivity contribution in [3.8, 4) is 11.5 Å². The summed E-state index contributed by atoms with van der Waals surface area (Å²) >= 11 is 3.37. The Bertz CT molecular complexity index is 477. The molecule has 0 bridgehead atoms. The van der Waals surface area contributed by atoms with Crippen LogP contribution in [0.4, 0.5) is 0 Å². The number of hydrogen-bond donors (Lipinski definition) is 0. The summed E-state index contributed by atoms with van der Waals surface area (Å²) in [5.41, 5.74) is 2.01. The van der Waals surface area contributed by atoms with E-state index < -0.39 is 0 Å². The molecule has 13 heavy (non-hydrogen) atoms. The molecular weight excluding hydrogens is 234 g/mol. The van der Waals surface area contributed by atoms with Crippen molar-refractivity contribution in [3.63, 3.8) is 0 Å². The second-order valence-electron chi connectivity index (χ2n) is 2.82. The topological polar surface area (TPSA) is 56.5 Å². The van der Waals surface area contributed by atoms with Crippen LogP contribution in [0.3, 0.4) is 0 Å². The molecule has 0 saturated heterocycles. The van der Waals surface area contributed by atoms with E-state index in [0.717, 1.165) is 21.6 Å². The van der Waals surface area contributed by atoms with Crippen LogP contribution in [-0.2, 0) is 6.54 Å². The highest BCUT2D eigenvalue weighted by Gasteiger charge is 2.22. The van der Waals surface area contributed by atoms with Gasteiger partial charge in [0.25, 0.3) is 0 Å². The predicted octanol–water partition coefficient (Wildman–Crippen LogP) is 0.859. The van der Waals surface area contributed by atoms with Crippen molar-refractivity contribution in [2.45, 2.75) is 6.54 Å². The Morgan fingerprint density at radius 2 is 2.38 bits per heavy atom. The van der Waals surface area contributed by atoms with Gasteiger partial charge in [-0.1, -0.05) is 0 Å². The van der Waals surface area contributed by atoms with Gasteiger partial charge in [-0.2, -0.15) is 0 Å². The molecule has 3 heterocycles. The van der Waals surface area contributed by atoms with Gasteiger partial charge in [-0.05, 0) is 32.4 Å². The average Bonchev–Trinajstić information content (AvgIpc) is 2.62. The van der Waals surface area contributed by atoms with Crippen molar-refractivity contribution in [1.29, 1.82) is 0 Å². The van der Waals surface area contributed by atoms with Crippen LogP contribution in [0, 0.1) is 0 Å². The van der Waals surface area contributed by atoms with Crippen molar-refractivity contribution in [1.82, 2.24) is 25.2 Å². The number of hydrogen-bond acceptors (Lipinski definition) is 4. The van der Waals surface area contributed by atoms with E-state index in [1.807, 2.05) is 6.07 Å². The third-order valence-corrected chi connectivity index (χ3v) is 2.43. The second-order valence-corrected chi connectivity index (χ2v) is 3.74. The van der Waals surface area contributed by atoms with Gasteiger partial charge in [-0.25, -0.2) is 4.68 Å². The Hall–Kier alpha value is -1.30. The van der Waals surface area contributed by atoms with E-state index in [9.17, 15) is 0 Å². The van der Waals surface area contributed by atoms with Crippen LogP contribution < -0.4 is 0 Å². The lowest BCUT2D eigenvalue weighted by Gasteiger charge is -1.95. The molecule has 2 aromatic rings. The highest BCUT2D eigenvalue weighted by Crippen LogP contribution is 2.28. The average molecular weight is 238 g/mol. The number of rotatable bonds is 0. The highest BCUT2D eigenvalue weighted by atomic mass is 79.9. The van der Waals surface area contributed by atoms with Gasteiger partial charge in [0.1, 0.15) is 5.69 Å². The molecule has 0 saturated carbocycles. The van der Waals surface area contributed by atoms with E-state index in [0.29, 0.717) is 6.54 Å². The Balaban J connectivity index is 2.29. The van der Waals surface area contributed by atoms with E-state index in [2.05, 4.69) is 36.4 Å². The lowest BCUT2D eigenvalue weighted by molar-refractivity contribution is 0.670. The van der Waals surface area contributed by atoms with E-state index in [-0.39, 0.29) is 0 Å². The largest absolute Gasteiger partial charge is 0.251 e. The zero-order chi connectivity index (χ0) is 8.84. The fraction of sp³-hybridized carbons (Fsp3) is 0.143. The monoisotopic (exact) mass is 237 g/mol. The summed E-state index contributed by atoms with van der Waals surface area (Å²) in [7, 11) is 0. The van der Waals surface area contributed by atoms with Crippen molar-refractivity contribution < 1.29 is 0 Å². The van der Waals surface area contributed by atoms with E-state index >= 15 is 0 Å². The number of aromatic nitrogens is 5. The van der Waals surface area contributed by atoms with Gasteiger partial charge in [0.15, 0.2) is 0 Å². The molecule has 64 valence electrons. The predicted molar refractivity (Wildman–Crippen MR) is 47.9 cm³/mol. The summed E-state index contributed by atoms with van der Waals surface area (Å²) in [6, 6.07) is 2.03. The maximum absolute atomic E-state index is 4.26. The minimum atomic E-state index is 0.712. The molecule has 0 aromatic carbocycles. The van der Waals surface area contributed by atoms with Crippen LogP contribution in [-0.4, -0.2) is 25.2 Å². The number of halogens is 1. The van der Waals surface area contributed by atoms with Crippen LogP contribution in [0.25, 0.3) is 11.5 Å². The molecular formula is C7H4BrN5. The van der Waals surface area contributed by atoms with Crippen molar-refractivity contribution >= 4 is 15.9 Å². The van der Waals surface area contributed by atoms with Gasteiger partial charge in [-0.3, -0.25) is 4.98 Å². The fourth-order valence-electron chi connectivity index (χ4n) is 1.45. The highest BCUT2D eigenvalue weighted by molar-refractivity contribution is 9.10. The third kappa shape index (κ3) is 0.918. The quantitative estimate of drug-likeness (QED) is 0.582. The van der Waals surface area contributed by atoms with Crippen molar-refractivity contribution in [2.24, 2.45) is 0 Å². The van der Waals surface area contributed by atoms with Crippen LogP contribution in [0.2, 0.25) is 0 Å². The van der Waals surface area contributed by atoms with Crippen molar-refractivity contribution in [2.75, 3.05) is 0 Å². The molecule has 0 aliphatic carbocycles. The summed E-state index contributed by atoms with van der Waals surface area (Å²) in [6.07, 6.45) is 1.75. The molecule has 0 spiro atoms. The fourth-order valence-corrected chi connectivity index (χ4v) is 1.82. The minimum absolute atomic E-state index is 0.712. The Morgan fingerprint density at radius 1 is 1.46 bits per heavy atom. The summed E-state index contributed by atoms with van der Waals surface area (Å²) in [5, 5.41) is 11.3. The molecule has 0 fully saturated rings. The summed E-state index contributed by atoms with van der Waals surface area (Å²) in [4.78, 5) is 4.26. The first-order valence-electron chi connectivity index (χ1n) is 3.75. The maximum Gasteiger partial charge on any atom is 0.201 e. The van der Waals surface area contributed by atoms with E-state index in [1.54, 1.807) is 10.9 Å². The Morgan fingerprint density at radius 3 is 3.31 bits per heavy atom. The summed E-state index contributed by atoms with van der Waals surface area (Å²) < 4.78 is 2.72.